The molecule has 0 spiro atoms. The molecular weight excluding hydrogens is 259 g/mol. The number of aliphatic hydroxyl groups excluding tert-OH is 1. The van der Waals surface area contributed by atoms with E-state index in [4.69, 9.17) is 10.5 Å². The van der Waals surface area contributed by atoms with Crippen molar-refractivity contribution in [1.29, 1.82) is 5.41 Å². The zero-order chi connectivity index (χ0) is 14.9. The number of ketones is 1. The molecule has 0 amide bonds. The fourth-order valence-corrected chi connectivity index (χ4v) is 4.11. The molecule has 2 saturated carbocycles. The van der Waals surface area contributed by atoms with E-state index in [0.717, 1.165) is 12.6 Å². The number of Topliss-reactive ketones (excluding diaryl/α,β-unsaturated/α-hetero) is 1. The molecule has 0 heterocycles. The molecule has 0 aromatic carbocycles. The van der Waals surface area contributed by atoms with Crippen LogP contribution in [0.5, 0.6) is 0 Å². The van der Waals surface area contributed by atoms with Crippen LogP contribution in [0.1, 0.15) is 33.1 Å². The number of hydrogen-bond donors (Lipinski definition) is 3. The molecule has 5 heteroatoms. The van der Waals surface area contributed by atoms with Crippen LogP contribution in [-0.2, 0) is 4.79 Å². The Labute approximate surface area is 119 Å². The first-order valence-corrected chi connectivity index (χ1v) is 7.53. The summed E-state index contributed by atoms with van der Waals surface area (Å²) >= 11 is 0. The standard InChI is InChI=1S/C15H25FN2O2/c1-8-6-10-13(8)15(14(10)9(2)20)18-12(4-3-5-19)11(16)7-17/h7-8,10-15,17-19H,3-6H2,1-2H3. The van der Waals surface area contributed by atoms with Crippen molar-refractivity contribution in [3.63, 3.8) is 0 Å². The molecule has 2 aliphatic carbocycles. The first-order chi connectivity index (χ1) is 9.51. The molecule has 4 nitrogen and oxygen atoms in total. The third-order valence-corrected chi connectivity index (χ3v) is 5.15. The van der Waals surface area contributed by atoms with Crippen molar-refractivity contribution < 1.29 is 14.3 Å². The Morgan fingerprint density at radius 1 is 1.60 bits per heavy atom. The van der Waals surface area contributed by atoms with E-state index in [1.807, 2.05) is 0 Å². The normalized spacial score (nSPS) is 38.1. The molecule has 3 N–H and O–H groups in total. The molecular formula is C15H25FN2O2. The number of halogens is 1. The van der Waals surface area contributed by atoms with Gasteiger partial charge in [-0.25, -0.2) is 4.39 Å². The maximum atomic E-state index is 13.8. The number of rotatable bonds is 8. The van der Waals surface area contributed by atoms with E-state index in [1.165, 1.54) is 0 Å². The number of carbonyl (C=O) groups excluding carboxylic acids is 1. The number of fused-ring (bicyclic) bond motifs is 1. The van der Waals surface area contributed by atoms with Crippen molar-refractivity contribution in [1.82, 2.24) is 5.32 Å². The van der Waals surface area contributed by atoms with Crippen LogP contribution < -0.4 is 5.32 Å². The highest BCUT2D eigenvalue weighted by molar-refractivity contribution is 5.81. The van der Waals surface area contributed by atoms with Crippen LogP contribution >= 0.6 is 0 Å². The highest BCUT2D eigenvalue weighted by Crippen LogP contribution is 2.58. The van der Waals surface area contributed by atoms with E-state index in [-0.39, 0.29) is 24.3 Å². The smallest absolute Gasteiger partial charge is 0.150 e. The highest BCUT2D eigenvalue weighted by Gasteiger charge is 2.60. The van der Waals surface area contributed by atoms with Crippen molar-refractivity contribution in [2.75, 3.05) is 6.61 Å². The summed E-state index contributed by atoms with van der Waals surface area (Å²) in [6, 6.07) is -0.427. The van der Waals surface area contributed by atoms with Gasteiger partial charge in [0.05, 0.1) is 0 Å². The Kier molecular flexibility index (Phi) is 4.91. The second-order valence-corrected chi connectivity index (χ2v) is 6.37. The number of aliphatic hydroxyl groups is 1. The van der Waals surface area contributed by atoms with Gasteiger partial charge in [0.15, 0.2) is 0 Å². The molecule has 0 aromatic heterocycles. The maximum Gasteiger partial charge on any atom is 0.150 e. The van der Waals surface area contributed by atoms with Crippen LogP contribution in [-0.4, -0.2) is 42.0 Å². The molecule has 20 heavy (non-hydrogen) atoms. The molecule has 114 valence electrons. The Bertz CT molecular complexity index is 377. The van der Waals surface area contributed by atoms with Crippen LogP contribution in [0.25, 0.3) is 0 Å². The first kappa shape index (κ1) is 15.6. The molecule has 7 unspecified atom stereocenters. The zero-order valence-corrected chi connectivity index (χ0v) is 12.2. The Morgan fingerprint density at radius 2 is 2.30 bits per heavy atom. The molecule has 2 rings (SSSR count). The molecule has 0 saturated heterocycles. The summed E-state index contributed by atoms with van der Waals surface area (Å²) in [4.78, 5) is 11.7. The molecule has 0 aliphatic heterocycles. The summed E-state index contributed by atoms with van der Waals surface area (Å²) in [7, 11) is 0. The first-order valence-electron chi connectivity index (χ1n) is 7.53. The summed E-state index contributed by atoms with van der Waals surface area (Å²) in [5.74, 6) is 1.72. The van der Waals surface area contributed by atoms with Gasteiger partial charge in [0.1, 0.15) is 12.0 Å². The van der Waals surface area contributed by atoms with E-state index in [0.29, 0.717) is 30.6 Å². The Morgan fingerprint density at radius 3 is 2.80 bits per heavy atom. The van der Waals surface area contributed by atoms with Gasteiger partial charge in [0, 0.05) is 30.8 Å². The summed E-state index contributed by atoms with van der Waals surface area (Å²) < 4.78 is 13.8. The van der Waals surface area contributed by atoms with Gasteiger partial charge in [-0.05, 0) is 43.9 Å². The van der Waals surface area contributed by atoms with Crippen molar-refractivity contribution in [3.05, 3.63) is 0 Å². The maximum absolute atomic E-state index is 13.8. The monoisotopic (exact) mass is 284 g/mol. The summed E-state index contributed by atoms with van der Waals surface area (Å²) in [5, 5.41) is 19.3. The number of nitrogens with one attached hydrogen (secondary N) is 2. The van der Waals surface area contributed by atoms with E-state index in [2.05, 4.69) is 12.2 Å². The molecule has 0 bridgehead atoms. The lowest BCUT2D eigenvalue weighted by Gasteiger charge is -2.63. The van der Waals surface area contributed by atoms with Gasteiger partial charge < -0.3 is 15.8 Å². The lowest BCUT2D eigenvalue weighted by Crippen LogP contribution is -2.70. The van der Waals surface area contributed by atoms with E-state index >= 15 is 0 Å². The highest BCUT2D eigenvalue weighted by atomic mass is 19.1. The predicted octanol–water partition coefficient (Wildman–Crippen LogP) is 1.56. The average molecular weight is 284 g/mol. The van der Waals surface area contributed by atoms with Gasteiger partial charge in [-0.2, -0.15) is 0 Å². The lowest BCUT2D eigenvalue weighted by atomic mass is 9.44. The van der Waals surface area contributed by atoms with E-state index < -0.39 is 12.2 Å². The summed E-state index contributed by atoms with van der Waals surface area (Å²) in [6.07, 6.45) is 1.53. The minimum Gasteiger partial charge on any atom is -0.396 e. The number of alkyl halides is 1. The minimum absolute atomic E-state index is 0.00533. The average Bonchev–Trinajstić information content (AvgIpc) is 2.39. The van der Waals surface area contributed by atoms with Gasteiger partial charge >= 0.3 is 0 Å². The van der Waals surface area contributed by atoms with Crippen LogP contribution in [0.2, 0.25) is 0 Å². The molecule has 2 aliphatic rings. The Hall–Kier alpha value is -0.810. The SMILES string of the molecule is CC(=O)C1C2CC(C)C2C1NC(CCCO)C(F)C=N. The second-order valence-electron chi connectivity index (χ2n) is 6.37. The van der Waals surface area contributed by atoms with Crippen LogP contribution in [0.3, 0.4) is 0 Å². The summed E-state index contributed by atoms with van der Waals surface area (Å²) in [6.45, 7) is 3.81. The van der Waals surface area contributed by atoms with Crippen LogP contribution in [0, 0.1) is 29.1 Å². The predicted molar refractivity (Wildman–Crippen MR) is 75.6 cm³/mol. The van der Waals surface area contributed by atoms with Crippen molar-refractivity contribution in [3.8, 4) is 0 Å². The van der Waals surface area contributed by atoms with E-state index in [9.17, 15) is 9.18 Å². The fourth-order valence-electron chi connectivity index (χ4n) is 4.11. The molecule has 0 radical (unpaired) electrons. The van der Waals surface area contributed by atoms with Gasteiger partial charge in [0.25, 0.3) is 0 Å². The molecule has 0 aromatic rings. The van der Waals surface area contributed by atoms with Gasteiger partial charge in [-0.3, -0.25) is 4.79 Å². The van der Waals surface area contributed by atoms with Crippen LogP contribution in [0.4, 0.5) is 4.39 Å². The van der Waals surface area contributed by atoms with Gasteiger partial charge in [-0.15, -0.1) is 0 Å². The molecule has 2 fully saturated rings. The summed E-state index contributed by atoms with van der Waals surface area (Å²) in [5.41, 5.74) is 0. The van der Waals surface area contributed by atoms with Gasteiger partial charge in [0.2, 0.25) is 0 Å². The lowest BCUT2D eigenvalue weighted by molar-refractivity contribution is -0.154. The largest absolute Gasteiger partial charge is 0.396 e. The number of carbonyl (C=O) groups is 1. The quantitative estimate of drug-likeness (QED) is 0.592. The third-order valence-electron chi connectivity index (χ3n) is 5.15. The second kappa shape index (κ2) is 6.31. The third kappa shape index (κ3) is 2.66. The van der Waals surface area contributed by atoms with Crippen LogP contribution in [0.15, 0.2) is 0 Å². The topological polar surface area (TPSA) is 73.2 Å². The molecule has 7 atom stereocenters. The van der Waals surface area contributed by atoms with Gasteiger partial charge in [-0.1, -0.05) is 6.92 Å². The van der Waals surface area contributed by atoms with Crippen molar-refractivity contribution in [2.24, 2.45) is 23.7 Å². The van der Waals surface area contributed by atoms with E-state index in [1.54, 1.807) is 6.92 Å². The van der Waals surface area contributed by atoms with Crippen molar-refractivity contribution >= 4 is 12.0 Å². The minimum atomic E-state index is -1.36. The Balaban J connectivity index is 2.00. The fraction of sp³-hybridized carbons (Fsp3) is 0.867. The zero-order valence-electron chi connectivity index (χ0n) is 12.2. The van der Waals surface area contributed by atoms with Crippen molar-refractivity contribution in [2.45, 2.75) is 51.4 Å². The number of hydrogen-bond acceptors (Lipinski definition) is 4.